The first-order chi connectivity index (χ1) is 13.0. The summed E-state index contributed by atoms with van der Waals surface area (Å²) in [6.07, 6.45) is 3.48. The summed E-state index contributed by atoms with van der Waals surface area (Å²) in [5.41, 5.74) is 1.06. The molecule has 0 atom stereocenters. The van der Waals surface area contributed by atoms with Crippen LogP contribution in [0.1, 0.15) is 11.4 Å². The Hall–Kier alpha value is -2.79. The van der Waals surface area contributed by atoms with E-state index < -0.39 is 10.0 Å². The topological polar surface area (TPSA) is 113 Å². The third kappa shape index (κ3) is 3.19. The molecule has 3 aromatic rings. The number of hydrogen-bond donors (Lipinski definition) is 1. The molecule has 0 unspecified atom stereocenters. The predicted molar refractivity (Wildman–Crippen MR) is 98.2 cm³/mol. The first kappa shape index (κ1) is 17.6. The number of nitrogens with zero attached hydrogens (tertiary/aromatic N) is 7. The molecule has 3 aromatic heterocycles. The van der Waals surface area contributed by atoms with Crippen molar-refractivity contribution < 1.29 is 8.42 Å². The van der Waals surface area contributed by atoms with Crippen molar-refractivity contribution in [2.75, 3.05) is 31.1 Å². The largest absolute Gasteiger partial charge is 0.352 e. The number of rotatable bonds is 4. The van der Waals surface area contributed by atoms with Crippen molar-refractivity contribution in [1.29, 1.82) is 0 Å². The maximum Gasteiger partial charge on any atom is 0.246 e. The first-order valence-electron chi connectivity index (χ1n) is 8.57. The number of sulfonamides is 1. The summed E-state index contributed by atoms with van der Waals surface area (Å²) in [6.45, 7) is 5.28. The molecule has 1 aliphatic rings. The average molecular weight is 388 g/mol. The zero-order chi connectivity index (χ0) is 19.0. The van der Waals surface area contributed by atoms with Crippen LogP contribution in [0.25, 0.3) is 5.82 Å². The van der Waals surface area contributed by atoms with Gasteiger partial charge in [0.2, 0.25) is 10.0 Å². The molecule has 4 heterocycles. The summed E-state index contributed by atoms with van der Waals surface area (Å²) < 4.78 is 29.0. The summed E-state index contributed by atoms with van der Waals surface area (Å²) in [7, 11) is -3.56. The van der Waals surface area contributed by atoms with Gasteiger partial charge in [-0.25, -0.2) is 13.1 Å². The Kier molecular flexibility index (Phi) is 4.40. The highest BCUT2D eigenvalue weighted by Gasteiger charge is 2.32. The van der Waals surface area contributed by atoms with Crippen molar-refractivity contribution in [1.82, 2.24) is 34.5 Å². The highest BCUT2D eigenvalue weighted by molar-refractivity contribution is 7.89. The van der Waals surface area contributed by atoms with Crippen molar-refractivity contribution in [3.63, 3.8) is 0 Å². The summed E-state index contributed by atoms with van der Waals surface area (Å²) in [6, 6.07) is 5.54. The minimum atomic E-state index is -3.56. The van der Waals surface area contributed by atoms with E-state index in [2.05, 4.69) is 25.5 Å². The molecule has 4 rings (SSSR count). The molecule has 0 bridgehead atoms. The van der Waals surface area contributed by atoms with E-state index in [0.29, 0.717) is 43.4 Å². The third-order valence-corrected chi connectivity index (χ3v) is 6.76. The molecular formula is C16H20N8O2S. The molecule has 0 radical (unpaired) electrons. The van der Waals surface area contributed by atoms with Crippen LogP contribution in [-0.2, 0) is 10.0 Å². The van der Waals surface area contributed by atoms with E-state index in [0.717, 1.165) is 5.82 Å². The van der Waals surface area contributed by atoms with Crippen molar-refractivity contribution in [3.05, 3.63) is 42.0 Å². The Labute approximate surface area is 156 Å². The standard InChI is InChI=1S/C16H20N8O2S/c1-12-16(13(2)19-18-12)27(25,26)23-10-8-22(9-11-23)14-4-5-15(21-20-14)24-7-3-6-17-24/h3-7H,8-11H2,1-2H3,(H,18,19). The van der Waals surface area contributed by atoms with E-state index in [9.17, 15) is 8.42 Å². The van der Waals surface area contributed by atoms with Crippen molar-refractivity contribution in [3.8, 4) is 5.82 Å². The van der Waals surface area contributed by atoms with Crippen molar-refractivity contribution in [2.45, 2.75) is 18.7 Å². The van der Waals surface area contributed by atoms with Crippen molar-refractivity contribution in [2.24, 2.45) is 0 Å². The molecule has 0 aliphatic carbocycles. The van der Waals surface area contributed by atoms with Gasteiger partial charge in [0.25, 0.3) is 0 Å². The molecule has 1 fully saturated rings. The average Bonchev–Trinajstić information content (AvgIpc) is 3.32. The fourth-order valence-electron chi connectivity index (χ4n) is 3.22. The van der Waals surface area contributed by atoms with Gasteiger partial charge in [-0.2, -0.15) is 14.5 Å². The van der Waals surface area contributed by atoms with E-state index in [1.54, 1.807) is 30.9 Å². The van der Waals surface area contributed by atoms with Crippen LogP contribution in [0.3, 0.4) is 0 Å². The Balaban J connectivity index is 1.46. The first-order valence-corrected chi connectivity index (χ1v) is 10.0. The number of aryl methyl sites for hydroxylation is 2. The number of aromatic nitrogens is 6. The molecule has 0 aromatic carbocycles. The number of hydrogen-bond acceptors (Lipinski definition) is 7. The summed E-state index contributed by atoms with van der Waals surface area (Å²) in [4.78, 5) is 2.31. The lowest BCUT2D eigenvalue weighted by atomic mass is 10.3. The molecule has 10 nitrogen and oxygen atoms in total. The normalized spacial score (nSPS) is 16.0. The van der Waals surface area contributed by atoms with Gasteiger partial charge in [-0.1, -0.05) is 0 Å². The number of H-pyrrole nitrogens is 1. The van der Waals surface area contributed by atoms with E-state index in [1.165, 1.54) is 4.31 Å². The molecule has 11 heteroatoms. The molecule has 1 saturated heterocycles. The minimum Gasteiger partial charge on any atom is -0.352 e. The molecule has 27 heavy (non-hydrogen) atoms. The smallest absolute Gasteiger partial charge is 0.246 e. The number of nitrogens with one attached hydrogen (secondary N) is 1. The third-order valence-electron chi connectivity index (χ3n) is 4.60. The Bertz CT molecular complexity index is 1000. The van der Waals surface area contributed by atoms with Gasteiger partial charge >= 0.3 is 0 Å². The van der Waals surface area contributed by atoms with E-state index >= 15 is 0 Å². The van der Waals surface area contributed by atoms with Crippen LogP contribution >= 0.6 is 0 Å². The summed E-state index contributed by atoms with van der Waals surface area (Å²) in [5.74, 6) is 1.36. The maximum atomic E-state index is 12.9. The van der Waals surface area contributed by atoms with Gasteiger partial charge in [0.1, 0.15) is 4.90 Å². The van der Waals surface area contributed by atoms with Crippen LogP contribution in [0.15, 0.2) is 35.5 Å². The van der Waals surface area contributed by atoms with Gasteiger partial charge < -0.3 is 4.90 Å². The number of anilines is 1. The van der Waals surface area contributed by atoms with E-state index in [1.807, 2.05) is 23.1 Å². The van der Waals surface area contributed by atoms with Gasteiger partial charge in [-0.3, -0.25) is 5.10 Å². The second kappa shape index (κ2) is 6.74. The number of piperazine rings is 1. The molecular weight excluding hydrogens is 368 g/mol. The van der Waals surface area contributed by atoms with Gasteiger partial charge in [0.15, 0.2) is 11.6 Å². The Morgan fingerprint density at radius 3 is 2.30 bits per heavy atom. The van der Waals surface area contributed by atoms with E-state index in [-0.39, 0.29) is 4.90 Å². The van der Waals surface area contributed by atoms with Gasteiger partial charge in [0, 0.05) is 38.6 Å². The highest BCUT2D eigenvalue weighted by atomic mass is 32.2. The van der Waals surface area contributed by atoms with Gasteiger partial charge in [-0.15, -0.1) is 10.2 Å². The maximum absolute atomic E-state index is 12.9. The van der Waals surface area contributed by atoms with E-state index in [4.69, 9.17) is 0 Å². The second-order valence-corrected chi connectivity index (χ2v) is 8.23. The lowest BCUT2D eigenvalue weighted by Gasteiger charge is -2.34. The Morgan fingerprint density at radius 2 is 1.74 bits per heavy atom. The fraction of sp³-hybridized carbons (Fsp3) is 0.375. The quantitative estimate of drug-likeness (QED) is 0.693. The highest BCUT2D eigenvalue weighted by Crippen LogP contribution is 2.23. The summed E-state index contributed by atoms with van der Waals surface area (Å²) >= 11 is 0. The zero-order valence-corrected chi connectivity index (χ0v) is 15.9. The van der Waals surface area contributed by atoms with Gasteiger partial charge in [0.05, 0.1) is 11.4 Å². The molecule has 0 amide bonds. The van der Waals surface area contributed by atoms with Crippen LogP contribution in [-0.4, -0.2) is 69.1 Å². The van der Waals surface area contributed by atoms with Crippen molar-refractivity contribution >= 4 is 15.8 Å². The van der Waals surface area contributed by atoms with Crippen LogP contribution in [0, 0.1) is 13.8 Å². The minimum absolute atomic E-state index is 0.277. The van der Waals surface area contributed by atoms with Crippen LogP contribution in [0.2, 0.25) is 0 Å². The monoisotopic (exact) mass is 388 g/mol. The molecule has 1 aliphatic heterocycles. The predicted octanol–water partition coefficient (Wildman–Crippen LogP) is 0.513. The zero-order valence-electron chi connectivity index (χ0n) is 15.1. The van der Waals surface area contributed by atoms with Crippen LogP contribution in [0.5, 0.6) is 0 Å². The van der Waals surface area contributed by atoms with Crippen LogP contribution < -0.4 is 4.90 Å². The van der Waals surface area contributed by atoms with Crippen LogP contribution in [0.4, 0.5) is 5.82 Å². The Morgan fingerprint density at radius 1 is 1.04 bits per heavy atom. The number of aromatic amines is 1. The fourth-order valence-corrected chi connectivity index (χ4v) is 4.97. The lowest BCUT2D eigenvalue weighted by molar-refractivity contribution is 0.383. The molecule has 0 saturated carbocycles. The lowest BCUT2D eigenvalue weighted by Crippen LogP contribution is -2.49. The SMILES string of the molecule is Cc1n[nH]c(C)c1S(=O)(=O)N1CCN(c2ccc(-n3cccn3)nn2)CC1. The molecule has 142 valence electrons. The molecule has 1 N–H and O–H groups in total. The summed E-state index contributed by atoms with van der Waals surface area (Å²) in [5, 5.41) is 19.3. The second-order valence-electron chi connectivity index (χ2n) is 6.35. The van der Waals surface area contributed by atoms with Gasteiger partial charge in [-0.05, 0) is 32.0 Å². The molecule has 0 spiro atoms.